The fourth-order valence-corrected chi connectivity index (χ4v) is 3.43. The van der Waals surface area contributed by atoms with Crippen LogP contribution >= 0.6 is 0 Å². The minimum absolute atomic E-state index is 0.277. The van der Waals surface area contributed by atoms with Gasteiger partial charge in [-0.3, -0.25) is 4.48 Å². The summed E-state index contributed by atoms with van der Waals surface area (Å²) >= 11 is 0. The second-order valence-electron chi connectivity index (χ2n) is 6.47. The maximum atomic E-state index is 9.31. The second kappa shape index (κ2) is 11.8. The summed E-state index contributed by atoms with van der Waals surface area (Å²) in [5.41, 5.74) is 0. The molecule has 1 aliphatic heterocycles. The van der Waals surface area contributed by atoms with Gasteiger partial charge in [-0.15, -0.1) is 0 Å². The van der Waals surface area contributed by atoms with Crippen LogP contribution in [0.5, 0.6) is 0 Å². The summed E-state index contributed by atoms with van der Waals surface area (Å²) in [5, 5.41) is 9.31. The lowest BCUT2D eigenvalue weighted by molar-refractivity contribution is -0.835. The number of aliphatic hydroxyl groups excluding tert-OH is 1. The lowest BCUT2D eigenvalue weighted by Crippen LogP contribution is -2.52. The molecule has 0 radical (unpaired) electrons. The molecular formula is C19H37N2O+. The van der Waals surface area contributed by atoms with E-state index in [1.54, 1.807) is 0 Å². The maximum absolute atomic E-state index is 9.31. The number of hydrogen-bond acceptors (Lipinski definition) is 2. The number of unbranched alkanes of at least 4 members (excludes halogenated alkanes) is 6. The summed E-state index contributed by atoms with van der Waals surface area (Å²) in [5.74, 6) is 1.35. The Morgan fingerprint density at radius 1 is 1.05 bits per heavy atom. The van der Waals surface area contributed by atoms with Crippen LogP contribution in [0.4, 0.5) is 0 Å². The molecule has 1 heterocycles. The van der Waals surface area contributed by atoms with E-state index >= 15 is 0 Å². The predicted octanol–water partition coefficient (Wildman–Crippen LogP) is 4.31. The minimum Gasteiger partial charge on any atom is -0.390 e. The van der Waals surface area contributed by atoms with Crippen molar-refractivity contribution < 1.29 is 9.59 Å². The lowest BCUT2D eigenvalue weighted by atomic mass is 10.1. The van der Waals surface area contributed by atoms with Crippen LogP contribution in [-0.4, -0.2) is 48.2 Å². The first-order valence-corrected chi connectivity index (χ1v) is 9.45. The normalized spacial score (nSPS) is 21.7. The van der Waals surface area contributed by atoms with Gasteiger partial charge in [-0.25, -0.2) is 4.99 Å². The van der Waals surface area contributed by atoms with Crippen molar-refractivity contribution in [3.8, 4) is 0 Å². The Balaban J connectivity index is 2.08. The average molecular weight is 310 g/mol. The number of rotatable bonds is 13. The van der Waals surface area contributed by atoms with Crippen LogP contribution in [0.1, 0.15) is 71.6 Å². The molecule has 128 valence electrons. The predicted molar refractivity (Wildman–Crippen MR) is 96.3 cm³/mol. The number of hydrogen-bond donors (Lipinski definition) is 1. The van der Waals surface area contributed by atoms with Crippen LogP contribution in [0.15, 0.2) is 17.1 Å². The number of likely N-dealkylation sites (N-methyl/N-ethyl adjacent to an activating group) is 1. The Morgan fingerprint density at radius 3 is 2.45 bits per heavy atom. The first-order chi connectivity index (χ1) is 10.8. The molecule has 1 rings (SSSR count). The van der Waals surface area contributed by atoms with E-state index in [9.17, 15) is 5.11 Å². The monoisotopic (exact) mass is 309 g/mol. The number of aliphatic hydroxyl groups is 1. The molecule has 0 amide bonds. The highest BCUT2D eigenvalue weighted by atomic mass is 16.3. The highest BCUT2D eigenvalue weighted by Gasteiger charge is 2.35. The molecule has 0 saturated heterocycles. The van der Waals surface area contributed by atoms with Crippen molar-refractivity contribution in [1.29, 1.82) is 0 Å². The van der Waals surface area contributed by atoms with Gasteiger partial charge in [0.25, 0.3) is 0 Å². The maximum Gasteiger partial charge on any atom is 0.198 e. The van der Waals surface area contributed by atoms with Crippen molar-refractivity contribution in [3.05, 3.63) is 12.2 Å². The molecule has 22 heavy (non-hydrogen) atoms. The summed E-state index contributed by atoms with van der Waals surface area (Å²) in [7, 11) is 0. The molecule has 0 fully saturated rings. The average Bonchev–Trinajstić information content (AvgIpc) is 2.93. The zero-order chi connectivity index (χ0) is 16.1. The molecule has 0 aromatic heterocycles. The van der Waals surface area contributed by atoms with Crippen LogP contribution in [-0.2, 0) is 0 Å². The molecule has 1 atom stereocenters. The molecule has 3 heteroatoms. The highest BCUT2D eigenvalue weighted by molar-refractivity contribution is 5.76. The van der Waals surface area contributed by atoms with Gasteiger partial charge in [0.1, 0.15) is 13.1 Å². The standard InChI is InChI=1S/C19H37N2O/c1-3-5-6-7-8-9-10-11-12-13-14-19-20-15-16-21(19,4-2)17-18-22/h5-6,22H,3-4,7-18H2,1-2H3/q+1/b6-5+. The fraction of sp³-hybridized carbons (Fsp3) is 0.842. The topological polar surface area (TPSA) is 32.6 Å². The number of allylic oxidation sites excluding steroid dienone is 2. The van der Waals surface area contributed by atoms with Gasteiger partial charge in [-0.1, -0.05) is 44.8 Å². The largest absolute Gasteiger partial charge is 0.390 e. The van der Waals surface area contributed by atoms with Crippen LogP contribution < -0.4 is 0 Å². The van der Waals surface area contributed by atoms with Gasteiger partial charge in [0.15, 0.2) is 5.84 Å². The Kier molecular flexibility index (Phi) is 10.4. The fourth-order valence-electron chi connectivity index (χ4n) is 3.43. The Bertz CT molecular complexity index is 338. The molecule has 0 bridgehead atoms. The molecule has 1 unspecified atom stereocenters. The minimum atomic E-state index is 0.277. The molecular weight excluding hydrogens is 272 g/mol. The van der Waals surface area contributed by atoms with Crippen LogP contribution in [0.2, 0.25) is 0 Å². The third kappa shape index (κ3) is 6.62. The first-order valence-electron chi connectivity index (χ1n) is 9.45. The van der Waals surface area contributed by atoms with Crippen LogP contribution in [0.3, 0.4) is 0 Å². The van der Waals surface area contributed by atoms with Crippen molar-refractivity contribution >= 4 is 5.84 Å². The van der Waals surface area contributed by atoms with Gasteiger partial charge in [-0.2, -0.15) is 0 Å². The molecule has 3 nitrogen and oxygen atoms in total. The Hall–Kier alpha value is -0.670. The van der Waals surface area contributed by atoms with E-state index in [1.807, 2.05) is 0 Å². The van der Waals surface area contributed by atoms with Crippen molar-refractivity contribution in [2.75, 3.05) is 32.8 Å². The zero-order valence-electron chi connectivity index (χ0n) is 14.9. The zero-order valence-corrected chi connectivity index (χ0v) is 14.9. The van der Waals surface area contributed by atoms with Crippen molar-refractivity contribution in [2.45, 2.75) is 71.6 Å². The van der Waals surface area contributed by atoms with E-state index in [-0.39, 0.29) is 6.61 Å². The third-order valence-electron chi connectivity index (χ3n) is 4.93. The van der Waals surface area contributed by atoms with Crippen molar-refractivity contribution in [2.24, 2.45) is 4.99 Å². The number of nitrogens with zero attached hydrogens (tertiary/aromatic N) is 2. The quantitative estimate of drug-likeness (QED) is 0.307. The molecule has 0 spiro atoms. The van der Waals surface area contributed by atoms with Crippen LogP contribution in [0, 0.1) is 0 Å². The third-order valence-corrected chi connectivity index (χ3v) is 4.93. The van der Waals surface area contributed by atoms with Crippen LogP contribution in [0.25, 0.3) is 0 Å². The summed E-state index contributed by atoms with van der Waals surface area (Å²) in [6, 6.07) is 0. The van der Waals surface area contributed by atoms with Gasteiger partial charge in [-0.05, 0) is 32.6 Å². The van der Waals surface area contributed by atoms with Gasteiger partial charge < -0.3 is 5.11 Å². The molecule has 0 aromatic carbocycles. The summed E-state index contributed by atoms with van der Waals surface area (Å²) in [6.45, 7) is 8.66. The first kappa shape index (κ1) is 19.4. The number of aliphatic imine (C=N–C) groups is 1. The molecule has 1 N–H and O–H groups in total. The Labute approximate surface area is 137 Å². The van der Waals surface area contributed by atoms with E-state index in [0.29, 0.717) is 0 Å². The molecule has 0 aliphatic carbocycles. The highest BCUT2D eigenvalue weighted by Crippen LogP contribution is 2.19. The van der Waals surface area contributed by atoms with Gasteiger partial charge in [0.05, 0.1) is 19.7 Å². The SMILES string of the molecule is CC/C=C/CCCCCCCCC1=NCC[N+]1(CC)CCO. The summed E-state index contributed by atoms with van der Waals surface area (Å²) in [6.07, 6.45) is 16.2. The van der Waals surface area contributed by atoms with E-state index in [0.717, 1.165) is 43.5 Å². The van der Waals surface area contributed by atoms with Gasteiger partial charge >= 0.3 is 0 Å². The van der Waals surface area contributed by atoms with Gasteiger partial charge in [0, 0.05) is 6.42 Å². The second-order valence-corrected chi connectivity index (χ2v) is 6.47. The van der Waals surface area contributed by atoms with E-state index < -0.39 is 0 Å². The smallest absolute Gasteiger partial charge is 0.198 e. The number of amidine groups is 1. The van der Waals surface area contributed by atoms with E-state index in [4.69, 9.17) is 4.99 Å². The molecule has 0 saturated carbocycles. The van der Waals surface area contributed by atoms with Crippen molar-refractivity contribution in [1.82, 2.24) is 0 Å². The summed E-state index contributed by atoms with van der Waals surface area (Å²) in [4.78, 5) is 4.72. The van der Waals surface area contributed by atoms with E-state index in [2.05, 4.69) is 26.0 Å². The molecule has 1 aliphatic rings. The number of quaternary nitrogens is 1. The lowest BCUT2D eigenvalue weighted by Gasteiger charge is -2.33. The Morgan fingerprint density at radius 2 is 1.77 bits per heavy atom. The molecule has 0 aromatic rings. The van der Waals surface area contributed by atoms with Crippen molar-refractivity contribution in [3.63, 3.8) is 0 Å². The van der Waals surface area contributed by atoms with E-state index in [1.165, 1.54) is 50.8 Å². The summed E-state index contributed by atoms with van der Waals surface area (Å²) < 4.78 is 0.945. The van der Waals surface area contributed by atoms with Gasteiger partial charge in [0.2, 0.25) is 0 Å².